The highest BCUT2D eigenvalue weighted by molar-refractivity contribution is 5.86. The first-order valence-electron chi connectivity index (χ1n) is 10.6. The van der Waals surface area contributed by atoms with Crippen molar-refractivity contribution in [2.24, 2.45) is 5.92 Å². The van der Waals surface area contributed by atoms with E-state index in [9.17, 15) is 23.2 Å². The van der Waals surface area contributed by atoms with Gasteiger partial charge in [0.15, 0.2) is 0 Å². The number of carbonyl (C=O) groups is 2. The summed E-state index contributed by atoms with van der Waals surface area (Å²) in [6.45, 7) is 5.19. The van der Waals surface area contributed by atoms with Gasteiger partial charge in [-0.3, -0.25) is 9.59 Å². The predicted molar refractivity (Wildman–Crippen MR) is 115 cm³/mol. The van der Waals surface area contributed by atoms with Gasteiger partial charge in [0.25, 0.3) is 5.56 Å². The number of hydrogen-bond acceptors (Lipinski definition) is 5. The number of rotatable bonds is 5. The lowest BCUT2D eigenvalue weighted by molar-refractivity contribution is -0.119. The van der Waals surface area contributed by atoms with Crippen LogP contribution in [0.1, 0.15) is 58.6 Å². The van der Waals surface area contributed by atoms with Gasteiger partial charge in [0, 0.05) is 24.6 Å². The molecule has 174 valence electrons. The Morgan fingerprint density at radius 1 is 1.19 bits per heavy atom. The molecule has 3 rings (SSSR count). The van der Waals surface area contributed by atoms with E-state index in [1.807, 2.05) is 0 Å². The Morgan fingerprint density at radius 2 is 1.81 bits per heavy atom. The molecular formula is C22H28F2N4O4. The van der Waals surface area contributed by atoms with Crippen LogP contribution in [0.15, 0.2) is 29.1 Å². The Balaban J connectivity index is 1.75. The van der Waals surface area contributed by atoms with Gasteiger partial charge in [0.2, 0.25) is 11.8 Å². The molecule has 0 atom stereocenters. The first kappa shape index (κ1) is 23.6. The summed E-state index contributed by atoms with van der Waals surface area (Å²) < 4.78 is 31.9. The van der Waals surface area contributed by atoms with Crippen LogP contribution in [0.2, 0.25) is 0 Å². The van der Waals surface area contributed by atoms with Gasteiger partial charge < -0.3 is 10.1 Å². The average Bonchev–Trinajstić information content (AvgIpc) is 2.69. The van der Waals surface area contributed by atoms with E-state index in [0.29, 0.717) is 16.5 Å². The van der Waals surface area contributed by atoms with E-state index in [1.165, 1.54) is 0 Å². The Morgan fingerprint density at radius 3 is 2.44 bits per heavy atom. The number of benzene rings is 1. The van der Waals surface area contributed by atoms with Gasteiger partial charge in [0.05, 0.1) is 17.6 Å². The highest BCUT2D eigenvalue weighted by atomic mass is 19.3. The minimum Gasteiger partial charge on any atom is -0.444 e. The Kier molecular flexibility index (Phi) is 6.80. The molecular weight excluding hydrogens is 422 g/mol. The topological polar surface area (TPSA) is 102 Å². The third kappa shape index (κ3) is 6.24. The lowest BCUT2D eigenvalue weighted by atomic mass is 9.85. The summed E-state index contributed by atoms with van der Waals surface area (Å²) in [5.41, 5.74) is 1.63. The van der Waals surface area contributed by atoms with E-state index in [2.05, 4.69) is 15.8 Å². The summed E-state index contributed by atoms with van der Waals surface area (Å²) in [6, 6.07) is 6.72. The SMILES string of the molecule is CC(C)(C)OC(=O)NCc1nn(NC(=O)CC2CCC(F)(F)CC2)c(=O)c2ccccc12. The van der Waals surface area contributed by atoms with E-state index in [4.69, 9.17) is 4.74 Å². The van der Waals surface area contributed by atoms with Crippen molar-refractivity contribution in [2.45, 2.75) is 70.9 Å². The lowest BCUT2D eigenvalue weighted by Crippen LogP contribution is -2.38. The molecule has 8 nitrogen and oxygen atoms in total. The van der Waals surface area contributed by atoms with Gasteiger partial charge in [-0.25, -0.2) is 19.0 Å². The van der Waals surface area contributed by atoms with Gasteiger partial charge in [-0.2, -0.15) is 5.10 Å². The van der Waals surface area contributed by atoms with Gasteiger partial charge in [-0.1, -0.05) is 18.2 Å². The van der Waals surface area contributed by atoms with E-state index < -0.39 is 29.1 Å². The maximum absolute atomic E-state index is 13.3. The lowest BCUT2D eigenvalue weighted by Gasteiger charge is -2.27. The molecule has 2 aromatic rings. The number of nitrogens with zero attached hydrogens (tertiary/aromatic N) is 2. The summed E-state index contributed by atoms with van der Waals surface area (Å²) in [5, 5.41) is 7.66. The minimum absolute atomic E-state index is 0.0245. The highest BCUT2D eigenvalue weighted by Gasteiger charge is 2.35. The summed E-state index contributed by atoms with van der Waals surface area (Å²) >= 11 is 0. The van der Waals surface area contributed by atoms with Gasteiger partial charge in [-0.05, 0) is 45.6 Å². The molecule has 1 heterocycles. The number of aromatic nitrogens is 2. The van der Waals surface area contributed by atoms with Crippen LogP contribution in [0.3, 0.4) is 0 Å². The molecule has 10 heteroatoms. The number of hydrogen-bond donors (Lipinski definition) is 2. The van der Waals surface area contributed by atoms with E-state index in [-0.39, 0.29) is 44.6 Å². The van der Waals surface area contributed by atoms with Crippen LogP contribution in [-0.4, -0.2) is 33.4 Å². The molecule has 0 aliphatic heterocycles. The van der Waals surface area contributed by atoms with Crippen molar-refractivity contribution in [3.8, 4) is 0 Å². The normalized spacial score (nSPS) is 16.5. The van der Waals surface area contributed by atoms with Crippen molar-refractivity contribution in [3.05, 3.63) is 40.3 Å². The van der Waals surface area contributed by atoms with Crippen molar-refractivity contribution in [3.63, 3.8) is 0 Å². The first-order valence-corrected chi connectivity index (χ1v) is 10.6. The quantitative estimate of drug-likeness (QED) is 0.723. The third-order valence-corrected chi connectivity index (χ3v) is 5.22. The zero-order valence-electron chi connectivity index (χ0n) is 18.4. The van der Waals surface area contributed by atoms with Crippen molar-refractivity contribution in [1.29, 1.82) is 0 Å². The molecule has 0 spiro atoms. The number of amides is 2. The van der Waals surface area contributed by atoms with E-state index in [1.54, 1.807) is 45.0 Å². The molecule has 2 N–H and O–H groups in total. The standard InChI is InChI=1S/C22H28F2N4O4/c1-21(2,3)32-20(31)25-13-17-15-6-4-5-7-16(15)19(30)28(26-17)27-18(29)12-14-8-10-22(23,24)11-9-14/h4-7,14H,8-13H2,1-3H3,(H,25,31)(H,27,29). The molecule has 1 aromatic carbocycles. The molecule has 32 heavy (non-hydrogen) atoms. The van der Waals surface area contributed by atoms with Crippen molar-refractivity contribution < 1.29 is 23.1 Å². The fourth-order valence-electron chi connectivity index (χ4n) is 3.66. The predicted octanol–water partition coefficient (Wildman–Crippen LogP) is 3.71. The van der Waals surface area contributed by atoms with Gasteiger partial charge in [0.1, 0.15) is 5.60 Å². The summed E-state index contributed by atoms with van der Waals surface area (Å²) in [6.07, 6.45) is -0.571. The van der Waals surface area contributed by atoms with Crippen molar-refractivity contribution in [1.82, 2.24) is 15.2 Å². The fraction of sp³-hybridized carbons (Fsp3) is 0.545. The maximum atomic E-state index is 13.3. The third-order valence-electron chi connectivity index (χ3n) is 5.22. The van der Waals surface area contributed by atoms with Crippen LogP contribution in [0.25, 0.3) is 10.8 Å². The second-order valence-electron chi connectivity index (χ2n) is 9.10. The van der Waals surface area contributed by atoms with E-state index >= 15 is 0 Å². The monoisotopic (exact) mass is 450 g/mol. The largest absolute Gasteiger partial charge is 0.444 e. The van der Waals surface area contributed by atoms with E-state index in [0.717, 1.165) is 4.79 Å². The van der Waals surface area contributed by atoms with Crippen LogP contribution in [0, 0.1) is 5.92 Å². The van der Waals surface area contributed by atoms with Crippen LogP contribution < -0.4 is 16.3 Å². The number of fused-ring (bicyclic) bond motifs is 1. The fourth-order valence-corrected chi connectivity index (χ4v) is 3.66. The van der Waals surface area contributed by atoms with Crippen LogP contribution in [-0.2, 0) is 16.1 Å². The molecule has 0 unspecified atom stereocenters. The zero-order chi connectivity index (χ0) is 23.5. The molecule has 1 saturated carbocycles. The second-order valence-corrected chi connectivity index (χ2v) is 9.10. The molecule has 1 fully saturated rings. The van der Waals surface area contributed by atoms with Gasteiger partial charge >= 0.3 is 6.09 Å². The molecule has 1 aromatic heterocycles. The summed E-state index contributed by atoms with van der Waals surface area (Å²) in [7, 11) is 0. The molecule has 1 aliphatic carbocycles. The minimum atomic E-state index is -2.67. The molecule has 2 amide bonds. The smallest absolute Gasteiger partial charge is 0.407 e. The van der Waals surface area contributed by atoms with Gasteiger partial charge in [-0.15, -0.1) is 4.79 Å². The number of halogens is 2. The number of alkyl halides is 2. The number of ether oxygens (including phenoxy) is 1. The molecule has 1 aliphatic rings. The molecule has 0 bridgehead atoms. The first-order chi connectivity index (χ1) is 14.9. The summed E-state index contributed by atoms with van der Waals surface area (Å²) in [4.78, 5) is 38.1. The number of alkyl carbamates (subject to hydrolysis) is 1. The Bertz CT molecular complexity index is 1050. The van der Waals surface area contributed by atoms with Crippen LogP contribution >= 0.6 is 0 Å². The maximum Gasteiger partial charge on any atom is 0.407 e. The Hall–Kier alpha value is -3.04. The average molecular weight is 450 g/mol. The molecule has 0 saturated heterocycles. The second kappa shape index (κ2) is 9.22. The highest BCUT2D eigenvalue weighted by Crippen LogP contribution is 2.37. The molecule has 0 radical (unpaired) electrons. The van der Waals surface area contributed by atoms with Crippen molar-refractivity contribution in [2.75, 3.05) is 5.43 Å². The zero-order valence-corrected chi connectivity index (χ0v) is 18.4. The number of carbonyl (C=O) groups excluding carboxylic acids is 2. The summed E-state index contributed by atoms with van der Waals surface area (Å²) in [5.74, 6) is -3.31. The Labute approximate surface area is 184 Å². The van der Waals surface area contributed by atoms with Crippen molar-refractivity contribution >= 4 is 22.8 Å². The van der Waals surface area contributed by atoms with Crippen LogP contribution in [0.4, 0.5) is 13.6 Å². The van der Waals surface area contributed by atoms with Crippen LogP contribution in [0.5, 0.6) is 0 Å². The number of nitrogens with one attached hydrogen (secondary N) is 2.